The molecule has 0 N–H and O–H groups in total. The first kappa shape index (κ1) is 21.9. The van der Waals surface area contributed by atoms with Gasteiger partial charge in [-0.3, -0.25) is 9.91 Å². The van der Waals surface area contributed by atoms with Crippen LogP contribution in [0.2, 0.25) is 0 Å². The standard InChI is InChI=1S/C29H29N5/c30-16-9-17-33-23-26(27-14-7-8-15-28(27)33)22-31-34-20-18-32(19-21-34)29(24-10-3-1-4-11-24)25-12-5-2-6-13-25/h1-8,10-15,22-23,29H,9,17-21H2. The van der Waals surface area contributed by atoms with Crippen molar-refractivity contribution < 1.29 is 0 Å². The lowest BCUT2D eigenvalue weighted by atomic mass is 9.96. The first-order valence-electron chi connectivity index (χ1n) is 11.9. The van der Waals surface area contributed by atoms with Crippen LogP contribution in [0.4, 0.5) is 0 Å². The first-order valence-corrected chi connectivity index (χ1v) is 11.9. The Morgan fingerprint density at radius 2 is 1.44 bits per heavy atom. The number of nitrogens with zero attached hydrogens (tertiary/aromatic N) is 5. The van der Waals surface area contributed by atoms with Crippen LogP contribution in [-0.4, -0.2) is 46.9 Å². The summed E-state index contributed by atoms with van der Waals surface area (Å²) >= 11 is 0. The summed E-state index contributed by atoms with van der Waals surface area (Å²) in [7, 11) is 0. The van der Waals surface area contributed by atoms with Gasteiger partial charge in [-0.05, 0) is 17.2 Å². The summed E-state index contributed by atoms with van der Waals surface area (Å²) in [6.07, 6.45) is 4.59. The normalized spacial score (nSPS) is 14.8. The molecule has 170 valence electrons. The molecule has 34 heavy (non-hydrogen) atoms. The molecule has 0 saturated carbocycles. The smallest absolute Gasteiger partial charge is 0.0640 e. The van der Waals surface area contributed by atoms with E-state index < -0.39 is 0 Å². The molecule has 5 nitrogen and oxygen atoms in total. The Kier molecular flexibility index (Phi) is 6.69. The van der Waals surface area contributed by atoms with Crippen molar-refractivity contribution in [1.82, 2.24) is 14.5 Å². The van der Waals surface area contributed by atoms with Gasteiger partial charge < -0.3 is 4.57 Å². The first-order chi connectivity index (χ1) is 16.8. The van der Waals surface area contributed by atoms with Crippen molar-refractivity contribution in [3.63, 3.8) is 0 Å². The van der Waals surface area contributed by atoms with Gasteiger partial charge in [-0.2, -0.15) is 10.4 Å². The summed E-state index contributed by atoms with van der Waals surface area (Å²) in [5.41, 5.74) is 4.91. The molecule has 0 atom stereocenters. The van der Waals surface area contributed by atoms with Crippen molar-refractivity contribution in [2.75, 3.05) is 26.2 Å². The number of aromatic nitrogens is 1. The van der Waals surface area contributed by atoms with Gasteiger partial charge in [-0.25, -0.2) is 0 Å². The maximum Gasteiger partial charge on any atom is 0.0640 e. The molecule has 0 bridgehead atoms. The van der Waals surface area contributed by atoms with Crippen molar-refractivity contribution in [3.8, 4) is 6.07 Å². The minimum Gasteiger partial charge on any atom is -0.346 e. The number of hydrogen-bond donors (Lipinski definition) is 0. The molecule has 1 fully saturated rings. The van der Waals surface area contributed by atoms with Crippen LogP contribution in [0.1, 0.15) is 29.2 Å². The minimum atomic E-state index is 0.256. The van der Waals surface area contributed by atoms with Gasteiger partial charge in [-0.15, -0.1) is 0 Å². The van der Waals surface area contributed by atoms with Crippen molar-refractivity contribution in [1.29, 1.82) is 5.26 Å². The molecular formula is C29H29N5. The van der Waals surface area contributed by atoms with Crippen molar-refractivity contribution in [2.45, 2.75) is 19.0 Å². The van der Waals surface area contributed by atoms with Gasteiger partial charge in [0.05, 0.1) is 24.7 Å². The number of fused-ring (bicyclic) bond motifs is 1. The maximum absolute atomic E-state index is 8.99. The number of rotatable bonds is 7. The monoisotopic (exact) mass is 447 g/mol. The SMILES string of the molecule is N#CCCn1cc(C=NN2CCN(C(c3ccccc3)c3ccccc3)CC2)c2ccccc21. The molecule has 3 aromatic carbocycles. The Morgan fingerprint density at radius 1 is 0.824 bits per heavy atom. The van der Waals surface area contributed by atoms with E-state index in [0.717, 1.165) is 37.3 Å². The summed E-state index contributed by atoms with van der Waals surface area (Å²) in [6.45, 7) is 4.38. The van der Waals surface area contributed by atoms with Crippen LogP contribution in [-0.2, 0) is 6.54 Å². The fraction of sp³-hybridized carbons (Fsp3) is 0.241. The van der Waals surface area contributed by atoms with Gasteiger partial charge in [0.15, 0.2) is 0 Å². The van der Waals surface area contributed by atoms with Crippen LogP contribution in [0.15, 0.2) is 96.2 Å². The molecule has 0 spiro atoms. The number of hydrogen-bond acceptors (Lipinski definition) is 4. The topological polar surface area (TPSA) is 47.6 Å². The predicted octanol–water partition coefficient (Wildman–Crippen LogP) is 5.30. The number of hydrazone groups is 1. The van der Waals surface area contributed by atoms with Crippen molar-refractivity contribution in [2.24, 2.45) is 5.10 Å². The van der Waals surface area contributed by atoms with E-state index in [0.29, 0.717) is 13.0 Å². The van der Waals surface area contributed by atoms with Crippen LogP contribution < -0.4 is 0 Å². The zero-order valence-corrected chi connectivity index (χ0v) is 19.3. The zero-order chi connectivity index (χ0) is 23.2. The van der Waals surface area contributed by atoms with Gasteiger partial charge in [-0.1, -0.05) is 78.9 Å². The fourth-order valence-corrected chi connectivity index (χ4v) is 4.85. The Labute approximate surface area is 201 Å². The lowest BCUT2D eigenvalue weighted by Gasteiger charge is -2.38. The van der Waals surface area contributed by atoms with Crippen LogP contribution in [0, 0.1) is 11.3 Å². The second-order valence-corrected chi connectivity index (χ2v) is 8.66. The Morgan fingerprint density at radius 3 is 2.09 bits per heavy atom. The lowest BCUT2D eigenvalue weighted by molar-refractivity contribution is 0.113. The van der Waals surface area contributed by atoms with Crippen molar-refractivity contribution in [3.05, 3.63) is 108 Å². The highest BCUT2D eigenvalue weighted by Crippen LogP contribution is 2.29. The number of piperazine rings is 1. The molecule has 0 aliphatic carbocycles. The lowest BCUT2D eigenvalue weighted by Crippen LogP contribution is -2.45. The summed E-state index contributed by atoms with van der Waals surface area (Å²) in [4.78, 5) is 2.56. The molecule has 4 aromatic rings. The zero-order valence-electron chi connectivity index (χ0n) is 19.3. The average molecular weight is 448 g/mol. The van der Waals surface area contributed by atoms with E-state index in [1.807, 2.05) is 12.3 Å². The Balaban J connectivity index is 1.30. The molecule has 1 aromatic heterocycles. The van der Waals surface area contributed by atoms with Gasteiger partial charge in [0.25, 0.3) is 0 Å². The summed E-state index contributed by atoms with van der Waals surface area (Å²) in [6, 6.07) is 32.4. The third-order valence-corrected chi connectivity index (χ3v) is 6.53. The Bertz CT molecular complexity index is 1240. The number of benzene rings is 3. The van der Waals surface area contributed by atoms with E-state index in [9.17, 15) is 0 Å². The molecule has 0 amide bonds. The van der Waals surface area contributed by atoms with Crippen LogP contribution in [0.3, 0.4) is 0 Å². The van der Waals surface area contributed by atoms with Gasteiger partial charge in [0.1, 0.15) is 0 Å². The van der Waals surface area contributed by atoms with Crippen LogP contribution in [0.25, 0.3) is 10.9 Å². The molecule has 2 heterocycles. The summed E-state index contributed by atoms with van der Waals surface area (Å²) in [5, 5.41) is 17.2. The van der Waals surface area contributed by atoms with E-state index in [2.05, 4.69) is 106 Å². The van der Waals surface area contributed by atoms with E-state index in [1.54, 1.807) is 0 Å². The van der Waals surface area contributed by atoms with E-state index in [4.69, 9.17) is 10.4 Å². The Hall–Kier alpha value is -3.88. The second-order valence-electron chi connectivity index (χ2n) is 8.66. The molecule has 5 rings (SSSR count). The average Bonchev–Trinajstić information content (AvgIpc) is 3.26. The van der Waals surface area contributed by atoms with Crippen molar-refractivity contribution >= 4 is 17.1 Å². The van der Waals surface area contributed by atoms with E-state index in [1.165, 1.54) is 16.5 Å². The molecule has 1 aliphatic heterocycles. The molecule has 1 aliphatic rings. The fourth-order valence-electron chi connectivity index (χ4n) is 4.85. The predicted molar refractivity (Wildman–Crippen MR) is 138 cm³/mol. The number of para-hydroxylation sites is 1. The van der Waals surface area contributed by atoms with E-state index in [-0.39, 0.29) is 6.04 Å². The van der Waals surface area contributed by atoms with Gasteiger partial charge in [0.2, 0.25) is 0 Å². The molecule has 1 saturated heterocycles. The largest absolute Gasteiger partial charge is 0.346 e. The highest BCUT2D eigenvalue weighted by molar-refractivity contribution is 5.99. The summed E-state index contributed by atoms with van der Waals surface area (Å²) < 4.78 is 2.15. The maximum atomic E-state index is 8.99. The van der Waals surface area contributed by atoms with E-state index >= 15 is 0 Å². The van der Waals surface area contributed by atoms with Crippen LogP contribution in [0.5, 0.6) is 0 Å². The third-order valence-electron chi connectivity index (χ3n) is 6.53. The van der Waals surface area contributed by atoms with Crippen LogP contribution >= 0.6 is 0 Å². The summed E-state index contributed by atoms with van der Waals surface area (Å²) in [5.74, 6) is 0. The minimum absolute atomic E-state index is 0.256. The van der Waals surface area contributed by atoms with Gasteiger partial charge in [0, 0.05) is 55.4 Å². The third kappa shape index (κ3) is 4.73. The highest BCUT2D eigenvalue weighted by Gasteiger charge is 2.25. The molecule has 5 heteroatoms. The molecule has 0 unspecified atom stereocenters. The highest BCUT2D eigenvalue weighted by atomic mass is 15.5. The number of nitriles is 1. The van der Waals surface area contributed by atoms with Gasteiger partial charge >= 0.3 is 0 Å². The number of aryl methyl sites for hydroxylation is 1. The quantitative estimate of drug-likeness (QED) is 0.361. The molecular weight excluding hydrogens is 418 g/mol. The molecule has 0 radical (unpaired) electrons. The second kappa shape index (κ2) is 10.4.